The highest BCUT2D eigenvalue weighted by atomic mass is 35.5. The first kappa shape index (κ1) is 40.5. The molecule has 0 atom stereocenters. The fourth-order valence-electron chi connectivity index (χ4n) is 9.11. The van der Waals surface area contributed by atoms with E-state index in [2.05, 4.69) is 109 Å². The van der Waals surface area contributed by atoms with Crippen molar-refractivity contribution in [2.45, 2.75) is 38.5 Å². The summed E-state index contributed by atoms with van der Waals surface area (Å²) in [5.74, 6) is 1.37. The van der Waals surface area contributed by atoms with Gasteiger partial charge >= 0.3 is 0 Å². The molecule has 59 heavy (non-hydrogen) atoms. The van der Waals surface area contributed by atoms with E-state index in [0.717, 1.165) is 101 Å². The van der Waals surface area contributed by atoms with E-state index in [0.29, 0.717) is 0 Å². The van der Waals surface area contributed by atoms with Gasteiger partial charge < -0.3 is 29.9 Å². The number of fused-ring (bicyclic) bond motifs is 4. The van der Waals surface area contributed by atoms with E-state index >= 15 is 0 Å². The first-order chi connectivity index (χ1) is 28.5. The molecule has 0 aromatic heterocycles. The third-order valence-electron chi connectivity index (χ3n) is 12.4. The Bertz CT molecular complexity index is 2260. The number of ether oxygens (including phenoxy) is 2. The summed E-state index contributed by atoms with van der Waals surface area (Å²) in [6.07, 6.45) is 7.11. The summed E-state index contributed by atoms with van der Waals surface area (Å²) in [5.41, 5.74) is 10.1. The number of rotatable bonds is 8. The van der Waals surface area contributed by atoms with Crippen molar-refractivity contribution in [1.82, 2.24) is 9.80 Å². The normalized spacial score (nSPS) is 17.8. The van der Waals surface area contributed by atoms with Crippen LogP contribution in [0.25, 0.3) is 10.8 Å². The molecule has 10 rings (SSSR count). The fourth-order valence-corrected chi connectivity index (χ4v) is 9.11. The van der Waals surface area contributed by atoms with Crippen molar-refractivity contribution in [2.75, 3.05) is 99.1 Å². The van der Waals surface area contributed by atoms with Gasteiger partial charge in [0.15, 0.2) is 13.2 Å². The molecule has 0 saturated carbocycles. The van der Waals surface area contributed by atoms with Crippen molar-refractivity contribution >= 4 is 57.7 Å². The van der Waals surface area contributed by atoms with Gasteiger partial charge in [-0.15, -0.1) is 12.4 Å². The molecule has 5 aliphatic rings. The second kappa shape index (κ2) is 18.7. The Balaban J connectivity index is 0.000000161. The molecular weight excluding hydrogens is 760 g/mol. The maximum absolute atomic E-state index is 11.5. The minimum atomic E-state index is -0.0841. The van der Waals surface area contributed by atoms with Crippen molar-refractivity contribution in [3.8, 4) is 11.5 Å². The van der Waals surface area contributed by atoms with Crippen molar-refractivity contribution < 1.29 is 19.1 Å². The van der Waals surface area contributed by atoms with Crippen LogP contribution in [0.5, 0.6) is 11.5 Å². The number of amides is 2. The lowest BCUT2D eigenvalue weighted by molar-refractivity contribution is -0.119. The van der Waals surface area contributed by atoms with E-state index in [1.54, 1.807) is 11.1 Å². The Kier molecular flexibility index (Phi) is 12.9. The number of piperazine rings is 2. The van der Waals surface area contributed by atoms with E-state index in [1.807, 2.05) is 18.2 Å². The lowest BCUT2D eigenvalue weighted by Gasteiger charge is -2.38. The minimum Gasteiger partial charge on any atom is -0.482 e. The molecule has 2 N–H and O–H groups in total. The maximum Gasteiger partial charge on any atom is 0.262 e. The number of nitrogens with zero attached hydrogens (tertiary/aromatic N) is 4. The van der Waals surface area contributed by atoms with Gasteiger partial charge in [0, 0.05) is 82.2 Å². The molecule has 0 radical (unpaired) electrons. The first-order valence-electron chi connectivity index (χ1n) is 21.2. The molecule has 4 aliphatic heterocycles. The average Bonchev–Trinajstić information content (AvgIpc) is 3.27. The summed E-state index contributed by atoms with van der Waals surface area (Å²) in [6, 6.07) is 34.3. The molecular formula is C48H55ClN6O4. The Labute approximate surface area is 353 Å². The summed E-state index contributed by atoms with van der Waals surface area (Å²) in [7, 11) is 0. The van der Waals surface area contributed by atoms with Crippen molar-refractivity contribution in [3.63, 3.8) is 0 Å². The standard InChI is InChI=1S/C24H29N3O2.C24H25N3O2.ClH/c2*28-24-17-29-23-9-8-18(16-21(23)25-24)10-11-26-12-14-27(15-13-26)22-7-3-5-19-4-1-2-6-20(19)22;/h3,5,7-9,16H,1-2,4,6,10-15,17H2,(H,25,28);1-9,16H,10-15,17H2,(H,25,28);1H. The second-order valence-corrected chi connectivity index (χ2v) is 16.1. The number of nitrogens with one attached hydrogen (secondary N) is 2. The molecule has 0 bridgehead atoms. The van der Waals surface area contributed by atoms with Gasteiger partial charge in [0.1, 0.15) is 11.5 Å². The van der Waals surface area contributed by atoms with Crippen LogP contribution in [0.2, 0.25) is 0 Å². The van der Waals surface area contributed by atoms with Gasteiger partial charge in [-0.3, -0.25) is 19.4 Å². The summed E-state index contributed by atoms with van der Waals surface area (Å²) < 4.78 is 10.9. The Hall–Kier alpha value is -5.29. The molecule has 2 saturated heterocycles. The van der Waals surface area contributed by atoms with Gasteiger partial charge in [0.25, 0.3) is 11.8 Å². The van der Waals surface area contributed by atoms with Crippen LogP contribution in [-0.4, -0.2) is 100 Å². The maximum atomic E-state index is 11.5. The molecule has 5 aromatic rings. The molecule has 11 heteroatoms. The van der Waals surface area contributed by atoms with E-state index in [9.17, 15) is 9.59 Å². The van der Waals surface area contributed by atoms with E-state index in [-0.39, 0.29) is 37.4 Å². The van der Waals surface area contributed by atoms with Crippen LogP contribution in [0.15, 0.2) is 97.1 Å². The molecule has 0 unspecified atom stereocenters. The molecule has 2 amide bonds. The van der Waals surface area contributed by atoms with Crippen LogP contribution >= 0.6 is 12.4 Å². The first-order valence-corrected chi connectivity index (χ1v) is 21.2. The zero-order valence-electron chi connectivity index (χ0n) is 33.8. The number of hydrogen-bond donors (Lipinski definition) is 2. The molecule has 2 fully saturated rings. The fraction of sp³-hybridized carbons (Fsp3) is 0.375. The van der Waals surface area contributed by atoms with Crippen molar-refractivity contribution in [2.24, 2.45) is 0 Å². The van der Waals surface area contributed by atoms with Gasteiger partial charge in [-0.25, -0.2) is 0 Å². The number of carbonyl (C=O) groups excluding carboxylic acids is 2. The van der Waals surface area contributed by atoms with Gasteiger partial charge in [-0.2, -0.15) is 0 Å². The van der Waals surface area contributed by atoms with Crippen LogP contribution in [0.3, 0.4) is 0 Å². The van der Waals surface area contributed by atoms with Gasteiger partial charge in [-0.1, -0.05) is 60.7 Å². The quantitative estimate of drug-likeness (QED) is 0.170. The summed E-state index contributed by atoms with van der Waals surface area (Å²) >= 11 is 0. The minimum absolute atomic E-state index is 0. The van der Waals surface area contributed by atoms with Gasteiger partial charge in [0.05, 0.1) is 11.4 Å². The highest BCUT2D eigenvalue weighted by molar-refractivity contribution is 5.96. The number of hydrogen-bond acceptors (Lipinski definition) is 8. The van der Waals surface area contributed by atoms with Crippen LogP contribution in [0, 0.1) is 0 Å². The summed E-state index contributed by atoms with van der Waals surface area (Å²) in [6.45, 7) is 10.9. The number of anilines is 4. The van der Waals surface area contributed by atoms with Crippen LogP contribution in [0.1, 0.15) is 35.1 Å². The van der Waals surface area contributed by atoms with Crippen molar-refractivity contribution in [3.05, 3.63) is 119 Å². The monoisotopic (exact) mass is 814 g/mol. The highest BCUT2D eigenvalue weighted by Gasteiger charge is 2.23. The molecule has 308 valence electrons. The van der Waals surface area contributed by atoms with Crippen LogP contribution in [-0.2, 0) is 35.3 Å². The predicted octanol–water partition coefficient (Wildman–Crippen LogP) is 7.22. The largest absolute Gasteiger partial charge is 0.482 e. The van der Waals surface area contributed by atoms with Gasteiger partial charge in [-0.05, 0) is 103 Å². The molecule has 10 nitrogen and oxygen atoms in total. The number of aryl methyl sites for hydroxylation is 1. The van der Waals surface area contributed by atoms with Gasteiger partial charge in [0.2, 0.25) is 0 Å². The van der Waals surface area contributed by atoms with E-state index in [4.69, 9.17) is 9.47 Å². The number of carbonyl (C=O) groups is 2. The highest BCUT2D eigenvalue weighted by Crippen LogP contribution is 2.33. The molecule has 1 aliphatic carbocycles. The second-order valence-electron chi connectivity index (χ2n) is 16.1. The molecule has 5 aromatic carbocycles. The third kappa shape index (κ3) is 9.62. The zero-order valence-corrected chi connectivity index (χ0v) is 34.6. The Morgan fingerprint density at radius 2 is 1.07 bits per heavy atom. The average molecular weight is 815 g/mol. The number of benzene rings is 5. The molecule has 4 heterocycles. The van der Waals surface area contributed by atoms with Crippen LogP contribution < -0.4 is 29.9 Å². The van der Waals surface area contributed by atoms with E-state index < -0.39 is 0 Å². The lowest BCUT2D eigenvalue weighted by Crippen LogP contribution is -2.47. The summed E-state index contributed by atoms with van der Waals surface area (Å²) in [4.78, 5) is 33.2. The molecule has 0 spiro atoms. The summed E-state index contributed by atoms with van der Waals surface area (Å²) in [5, 5.41) is 8.43. The van der Waals surface area contributed by atoms with E-state index in [1.165, 1.54) is 59.0 Å². The smallest absolute Gasteiger partial charge is 0.262 e. The predicted molar refractivity (Wildman–Crippen MR) is 240 cm³/mol. The lowest BCUT2D eigenvalue weighted by atomic mass is 9.90. The SMILES string of the molecule is Cl.O=C1COc2ccc(CCN3CCN(c4cccc5c4CCCC5)CC3)cc2N1.O=C1COc2ccc(CCN3CCN(c4cccc5ccccc45)CC3)cc2N1. The Morgan fingerprint density at radius 3 is 1.69 bits per heavy atom. The van der Waals surface area contributed by atoms with Crippen LogP contribution in [0.4, 0.5) is 22.7 Å². The number of halogens is 1. The van der Waals surface area contributed by atoms with Crippen molar-refractivity contribution in [1.29, 1.82) is 0 Å². The topological polar surface area (TPSA) is 89.6 Å². The zero-order chi connectivity index (χ0) is 39.3. The Morgan fingerprint density at radius 1 is 0.542 bits per heavy atom. The third-order valence-corrected chi connectivity index (χ3v) is 12.4.